The number of aromatic amines is 2. The first-order valence-electron chi connectivity index (χ1n) is 13.3. The minimum absolute atomic E-state index is 0.142. The van der Waals surface area contributed by atoms with E-state index in [2.05, 4.69) is 20.6 Å². The lowest BCUT2D eigenvalue weighted by Gasteiger charge is -2.33. The van der Waals surface area contributed by atoms with Gasteiger partial charge in [-0.05, 0) is 23.3 Å². The summed E-state index contributed by atoms with van der Waals surface area (Å²) in [6.07, 6.45) is 3.62. The van der Waals surface area contributed by atoms with Gasteiger partial charge in [-0.25, -0.2) is 0 Å². The van der Waals surface area contributed by atoms with Gasteiger partial charge < -0.3 is 39.9 Å². The SMILES string of the molecule is O=C1OC(C(OCCN[C@@H](Cc2c[nH]c3ccccc23)C(=O)O)C2CO2)CNC1Cc1c[nH]c2ccccc12. The highest BCUT2D eigenvalue weighted by atomic mass is 16.6. The number of carbonyl (C=O) groups excluding carboxylic acids is 1. The average Bonchev–Trinajstić information content (AvgIpc) is 3.58. The van der Waals surface area contributed by atoms with Crippen LogP contribution in [0.1, 0.15) is 11.1 Å². The molecular formula is C29H32N4O6. The number of carboxylic acids is 1. The summed E-state index contributed by atoms with van der Waals surface area (Å²) in [4.78, 5) is 31.2. The Bertz CT molecular complexity index is 1460. The molecule has 6 rings (SSSR count). The number of aliphatic carboxylic acids is 1. The van der Waals surface area contributed by atoms with E-state index in [4.69, 9.17) is 14.2 Å². The number of nitrogens with one attached hydrogen (secondary N) is 4. The van der Waals surface area contributed by atoms with Crippen LogP contribution in [0.5, 0.6) is 0 Å². The Labute approximate surface area is 225 Å². The van der Waals surface area contributed by atoms with Gasteiger partial charge >= 0.3 is 11.9 Å². The molecule has 10 heteroatoms. The summed E-state index contributed by atoms with van der Waals surface area (Å²) in [5, 5.41) is 18.3. The summed E-state index contributed by atoms with van der Waals surface area (Å²) in [6, 6.07) is 14.6. The first kappa shape index (κ1) is 25.6. The quantitative estimate of drug-likeness (QED) is 0.106. The number of para-hydroxylation sites is 2. The van der Waals surface area contributed by atoms with Crippen LogP contribution < -0.4 is 10.6 Å². The van der Waals surface area contributed by atoms with Crippen molar-refractivity contribution in [2.24, 2.45) is 0 Å². The summed E-state index contributed by atoms with van der Waals surface area (Å²) >= 11 is 0. The minimum Gasteiger partial charge on any atom is -0.480 e. The number of ether oxygens (including phenoxy) is 3. The molecule has 0 radical (unpaired) electrons. The Balaban J connectivity index is 1.01. The molecule has 0 spiro atoms. The Morgan fingerprint density at radius 3 is 2.36 bits per heavy atom. The van der Waals surface area contributed by atoms with Crippen molar-refractivity contribution >= 4 is 33.7 Å². The van der Waals surface area contributed by atoms with Crippen molar-refractivity contribution in [2.45, 2.75) is 43.2 Å². The van der Waals surface area contributed by atoms with Crippen LogP contribution in [0.15, 0.2) is 60.9 Å². The van der Waals surface area contributed by atoms with Crippen LogP contribution in [0.25, 0.3) is 21.8 Å². The summed E-state index contributed by atoms with van der Waals surface area (Å²) in [6.45, 7) is 1.59. The largest absolute Gasteiger partial charge is 0.480 e. The van der Waals surface area contributed by atoms with Crippen LogP contribution in [0.2, 0.25) is 0 Å². The maximum atomic E-state index is 12.9. The Morgan fingerprint density at radius 2 is 1.69 bits per heavy atom. The fourth-order valence-electron chi connectivity index (χ4n) is 5.37. The summed E-state index contributed by atoms with van der Waals surface area (Å²) in [5.74, 6) is -1.23. The number of rotatable bonds is 12. The van der Waals surface area contributed by atoms with E-state index >= 15 is 0 Å². The third kappa shape index (κ3) is 5.69. The molecule has 5 atom stereocenters. The molecule has 0 bridgehead atoms. The number of esters is 1. The predicted octanol–water partition coefficient (Wildman–Crippen LogP) is 2.14. The van der Waals surface area contributed by atoms with Crippen LogP contribution in [-0.2, 0) is 36.6 Å². The van der Waals surface area contributed by atoms with Gasteiger partial charge in [-0.1, -0.05) is 36.4 Å². The number of benzene rings is 2. The third-order valence-electron chi connectivity index (χ3n) is 7.51. The average molecular weight is 533 g/mol. The molecule has 2 aromatic heterocycles. The van der Waals surface area contributed by atoms with E-state index in [1.54, 1.807) is 0 Å². The zero-order chi connectivity index (χ0) is 26.8. The molecule has 2 saturated heterocycles. The van der Waals surface area contributed by atoms with Gasteiger partial charge in [0, 0.05) is 60.1 Å². The predicted molar refractivity (Wildman–Crippen MR) is 145 cm³/mol. The van der Waals surface area contributed by atoms with E-state index in [9.17, 15) is 14.7 Å². The molecule has 0 aliphatic carbocycles. The van der Waals surface area contributed by atoms with Crippen molar-refractivity contribution in [3.63, 3.8) is 0 Å². The molecule has 2 aromatic carbocycles. The molecule has 10 nitrogen and oxygen atoms in total. The Morgan fingerprint density at radius 1 is 1.03 bits per heavy atom. The molecule has 39 heavy (non-hydrogen) atoms. The maximum Gasteiger partial charge on any atom is 0.323 e. The summed E-state index contributed by atoms with van der Waals surface area (Å²) in [5.41, 5.74) is 4.02. The van der Waals surface area contributed by atoms with Crippen molar-refractivity contribution in [3.05, 3.63) is 72.1 Å². The molecule has 2 fully saturated rings. The Hall–Kier alpha value is -3.70. The number of hydrogen-bond donors (Lipinski definition) is 5. The number of carboxylic acid groups (broad SMARTS) is 1. The number of epoxide rings is 1. The zero-order valence-corrected chi connectivity index (χ0v) is 21.4. The zero-order valence-electron chi connectivity index (χ0n) is 21.4. The first-order chi connectivity index (χ1) is 19.1. The molecule has 2 aliphatic heterocycles. The molecule has 204 valence electrons. The normalized spacial score (nSPS) is 22.6. The van der Waals surface area contributed by atoms with Crippen LogP contribution >= 0.6 is 0 Å². The topological polar surface area (TPSA) is 141 Å². The van der Waals surface area contributed by atoms with Crippen molar-refractivity contribution in [3.8, 4) is 0 Å². The van der Waals surface area contributed by atoms with Gasteiger partial charge in [0.05, 0.1) is 13.2 Å². The summed E-state index contributed by atoms with van der Waals surface area (Å²) in [7, 11) is 0. The van der Waals surface area contributed by atoms with E-state index in [0.717, 1.165) is 32.9 Å². The highest BCUT2D eigenvalue weighted by molar-refractivity contribution is 5.85. The van der Waals surface area contributed by atoms with Crippen LogP contribution in [0, 0.1) is 0 Å². The number of aromatic nitrogens is 2. The van der Waals surface area contributed by atoms with E-state index in [0.29, 0.717) is 32.5 Å². The fraction of sp³-hybridized carbons (Fsp3) is 0.379. The molecular weight excluding hydrogens is 500 g/mol. The van der Waals surface area contributed by atoms with Gasteiger partial charge in [-0.3, -0.25) is 9.59 Å². The van der Waals surface area contributed by atoms with E-state index in [1.807, 2.05) is 60.9 Å². The number of hydrogen-bond acceptors (Lipinski definition) is 7. The Kier molecular flexibility index (Phi) is 7.34. The second kappa shape index (κ2) is 11.2. The minimum atomic E-state index is -0.922. The molecule has 0 saturated carbocycles. The van der Waals surface area contributed by atoms with Crippen molar-refractivity contribution in [1.29, 1.82) is 0 Å². The lowest BCUT2D eigenvalue weighted by atomic mass is 10.0. The number of carbonyl (C=O) groups is 2. The molecule has 5 N–H and O–H groups in total. The molecule has 4 aromatic rings. The van der Waals surface area contributed by atoms with Crippen LogP contribution in [0.4, 0.5) is 0 Å². The van der Waals surface area contributed by atoms with Crippen molar-refractivity contribution in [1.82, 2.24) is 20.6 Å². The van der Waals surface area contributed by atoms with E-state index in [1.165, 1.54) is 0 Å². The lowest BCUT2D eigenvalue weighted by molar-refractivity contribution is -0.167. The van der Waals surface area contributed by atoms with Gasteiger partial charge in [0.2, 0.25) is 0 Å². The fourth-order valence-corrected chi connectivity index (χ4v) is 5.37. The van der Waals surface area contributed by atoms with Gasteiger partial charge in [0.25, 0.3) is 0 Å². The monoisotopic (exact) mass is 532 g/mol. The van der Waals surface area contributed by atoms with Gasteiger partial charge in [0.1, 0.15) is 30.4 Å². The van der Waals surface area contributed by atoms with Gasteiger partial charge in [-0.2, -0.15) is 0 Å². The van der Waals surface area contributed by atoms with Crippen LogP contribution in [0.3, 0.4) is 0 Å². The third-order valence-corrected chi connectivity index (χ3v) is 7.51. The lowest BCUT2D eigenvalue weighted by Crippen LogP contribution is -2.56. The molecule has 0 amide bonds. The van der Waals surface area contributed by atoms with Crippen LogP contribution in [-0.4, -0.2) is 83.7 Å². The number of fused-ring (bicyclic) bond motifs is 2. The summed E-state index contributed by atoms with van der Waals surface area (Å²) < 4.78 is 17.4. The molecule has 4 unspecified atom stereocenters. The second-order valence-electron chi connectivity index (χ2n) is 10.1. The standard InChI is InChI=1S/C29H32N4O6/c34-28(35)23(11-17-13-31-21-7-3-1-5-19(17)21)30-9-10-37-27(26-16-38-26)25-15-33-24(29(36)39-25)12-18-14-32-22-8-4-2-6-20(18)22/h1-8,13-14,23-27,30-33H,9-12,15-16H2,(H,34,35)/t23-,24?,25?,26?,27?/m0/s1. The van der Waals surface area contributed by atoms with Gasteiger partial charge in [0.15, 0.2) is 0 Å². The second-order valence-corrected chi connectivity index (χ2v) is 10.1. The number of morpholine rings is 1. The highest BCUT2D eigenvalue weighted by Crippen LogP contribution is 2.25. The van der Waals surface area contributed by atoms with Crippen molar-refractivity contribution < 1.29 is 28.9 Å². The molecule has 4 heterocycles. The van der Waals surface area contributed by atoms with E-state index < -0.39 is 30.3 Å². The first-order valence-corrected chi connectivity index (χ1v) is 13.3. The number of cyclic esters (lactones) is 1. The molecule has 2 aliphatic rings. The van der Waals surface area contributed by atoms with Gasteiger partial charge in [-0.15, -0.1) is 0 Å². The highest BCUT2D eigenvalue weighted by Gasteiger charge is 2.44. The number of H-pyrrole nitrogens is 2. The maximum absolute atomic E-state index is 12.9. The van der Waals surface area contributed by atoms with Crippen molar-refractivity contribution in [2.75, 3.05) is 26.3 Å². The smallest absolute Gasteiger partial charge is 0.323 e. The van der Waals surface area contributed by atoms with E-state index in [-0.39, 0.29) is 18.7 Å².